The number of hydrogen-bond acceptors (Lipinski definition) is 12. The number of rotatable bonds is 42. The number of ether oxygens (including phenoxy) is 2. The number of phosphoric acid groups is 1. The van der Waals surface area contributed by atoms with Crippen molar-refractivity contribution in [3.05, 3.63) is 0 Å². The van der Waals surface area contributed by atoms with E-state index in [1.807, 2.05) is 0 Å². The molecule has 1 aliphatic rings. The van der Waals surface area contributed by atoms with Crippen LogP contribution in [0.2, 0.25) is 0 Å². The third-order valence-corrected chi connectivity index (χ3v) is 12.9. The molecule has 0 bridgehead atoms. The van der Waals surface area contributed by atoms with E-state index < -0.39 is 75.7 Å². The summed E-state index contributed by atoms with van der Waals surface area (Å²) >= 11 is 0. The number of unbranched alkanes of at least 4 members (excludes halogenated alkanes) is 30. The lowest BCUT2D eigenvalue weighted by Crippen LogP contribution is -2.64. The van der Waals surface area contributed by atoms with Crippen molar-refractivity contribution >= 4 is 19.8 Å². The lowest BCUT2D eigenvalue weighted by molar-refractivity contribution is -0.220. The van der Waals surface area contributed by atoms with Crippen LogP contribution in [-0.2, 0) is 32.7 Å². The third kappa shape index (κ3) is 30.6. The largest absolute Gasteiger partial charge is 0.472 e. The summed E-state index contributed by atoms with van der Waals surface area (Å²) in [6.07, 6.45) is 25.8. The number of phosphoric ester groups is 1. The Kier molecular flexibility index (Phi) is 36.2. The van der Waals surface area contributed by atoms with Crippen molar-refractivity contribution in [2.45, 2.75) is 275 Å². The minimum atomic E-state index is -5.11. The van der Waals surface area contributed by atoms with Gasteiger partial charge in [0.1, 0.15) is 43.2 Å². The molecule has 14 heteroatoms. The summed E-state index contributed by atoms with van der Waals surface area (Å²) in [4.78, 5) is 35.7. The van der Waals surface area contributed by atoms with Crippen LogP contribution >= 0.6 is 7.82 Å². The molecule has 1 aliphatic carbocycles. The number of carbonyl (C=O) groups excluding carboxylic acids is 2. The maximum absolute atomic E-state index is 12.8. The highest BCUT2D eigenvalue weighted by Crippen LogP contribution is 2.47. The van der Waals surface area contributed by atoms with Gasteiger partial charge in [-0.15, -0.1) is 0 Å². The molecule has 6 unspecified atom stereocenters. The summed E-state index contributed by atoms with van der Waals surface area (Å²) < 4.78 is 33.6. The summed E-state index contributed by atoms with van der Waals surface area (Å²) in [5.74, 6) is -1.08. The molecule has 1 fully saturated rings. The van der Waals surface area contributed by atoms with E-state index in [0.717, 1.165) is 38.5 Å². The molecule has 0 aromatic rings. The highest BCUT2D eigenvalue weighted by atomic mass is 31.2. The molecule has 13 nitrogen and oxygen atoms in total. The number of aliphatic hydroxyl groups is 5. The maximum Gasteiger partial charge on any atom is 0.472 e. The number of carbonyl (C=O) groups is 2. The molecule has 1 saturated carbocycles. The molecule has 6 N–H and O–H groups in total. The van der Waals surface area contributed by atoms with E-state index in [0.29, 0.717) is 12.8 Å². The molecule has 0 amide bonds. The van der Waals surface area contributed by atoms with Crippen LogP contribution in [0.15, 0.2) is 0 Å². The van der Waals surface area contributed by atoms with Gasteiger partial charge >= 0.3 is 19.8 Å². The highest BCUT2D eigenvalue weighted by molar-refractivity contribution is 7.47. The molecular formula is C47H91O13P. The average Bonchev–Trinajstić information content (AvgIpc) is 3.24. The molecule has 8 atom stereocenters. The first kappa shape index (κ1) is 57.9. The zero-order valence-corrected chi connectivity index (χ0v) is 39.4. The van der Waals surface area contributed by atoms with E-state index in [9.17, 15) is 44.6 Å². The van der Waals surface area contributed by atoms with E-state index in [1.165, 1.54) is 154 Å². The molecule has 0 aromatic carbocycles. The normalized spacial score (nSPS) is 21.9. The van der Waals surface area contributed by atoms with Crippen molar-refractivity contribution in [3.63, 3.8) is 0 Å². The van der Waals surface area contributed by atoms with Gasteiger partial charge in [-0.1, -0.05) is 206 Å². The van der Waals surface area contributed by atoms with Gasteiger partial charge in [0, 0.05) is 12.8 Å². The second-order valence-corrected chi connectivity index (χ2v) is 19.1. The molecule has 0 spiro atoms. The fourth-order valence-electron chi connectivity index (χ4n) is 7.94. The van der Waals surface area contributed by atoms with Crippen molar-refractivity contribution in [1.29, 1.82) is 0 Å². The van der Waals surface area contributed by atoms with Crippen LogP contribution in [0.25, 0.3) is 0 Å². The molecule has 61 heavy (non-hydrogen) atoms. The van der Waals surface area contributed by atoms with Gasteiger partial charge in [-0.3, -0.25) is 18.6 Å². The Balaban J connectivity index is 2.39. The lowest BCUT2D eigenvalue weighted by atomic mass is 9.85. The van der Waals surface area contributed by atoms with Gasteiger partial charge in [0.2, 0.25) is 0 Å². The molecule has 0 aliphatic heterocycles. The van der Waals surface area contributed by atoms with E-state index >= 15 is 0 Å². The zero-order chi connectivity index (χ0) is 45.0. The summed E-state index contributed by atoms with van der Waals surface area (Å²) in [5, 5.41) is 50.2. The topological polar surface area (TPSA) is 210 Å². The summed E-state index contributed by atoms with van der Waals surface area (Å²) in [6.45, 7) is 3.33. The highest BCUT2D eigenvalue weighted by Gasteiger charge is 2.51. The van der Waals surface area contributed by atoms with Gasteiger partial charge < -0.3 is 39.9 Å². The van der Waals surface area contributed by atoms with E-state index in [1.54, 1.807) is 0 Å². The van der Waals surface area contributed by atoms with Crippen molar-refractivity contribution in [2.75, 3.05) is 13.2 Å². The Bertz CT molecular complexity index is 1080. The maximum atomic E-state index is 12.8. The number of esters is 2. The molecule has 1 rings (SSSR count). The van der Waals surface area contributed by atoms with E-state index in [4.69, 9.17) is 18.5 Å². The van der Waals surface area contributed by atoms with Crippen LogP contribution in [0.1, 0.15) is 232 Å². The second kappa shape index (κ2) is 38.2. The minimum Gasteiger partial charge on any atom is -0.462 e. The van der Waals surface area contributed by atoms with Crippen molar-refractivity contribution in [3.8, 4) is 0 Å². The monoisotopic (exact) mass is 895 g/mol. The summed E-state index contributed by atoms with van der Waals surface area (Å²) in [6, 6.07) is 0. The standard InChI is InChI=1S/C47H91O13P/c1-3-5-7-9-11-13-15-17-18-19-20-21-22-24-26-28-30-32-34-36-41(49)59-39(38-58-61(55,56)60-47-45(53)43(51)42(50)44(52)46(47)54)37-57-40(48)35-33-31-29-27-25-23-16-14-12-10-8-6-4-2/h39,42-47,50-54H,3-38H2,1-2H3,(H,55,56)/t39-,42?,43-,44?,45?,46?,47?/m1/s1. The predicted molar refractivity (Wildman–Crippen MR) is 240 cm³/mol. The van der Waals surface area contributed by atoms with Crippen LogP contribution < -0.4 is 0 Å². The first-order valence-electron chi connectivity index (χ1n) is 24.8. The van der Waals surface area contributed by atoms with E-state index in [-0.39, 0.29) is 12.8 Å². The average molecular weight is 895 g/mol. The van der Waals surface area contributed by atoms with Crippen LogP contribution in [-0.4, -0.2) is 98.3 Å². The Morgan fingerprint density at radius 1 is 0.443 bits per heavy atom. The summed E-state index contributed by atoms with van der Waals surface area (Å²) in [5.41, 5.74) is 0. The molecule has 0 heterocycles. The minimum absolute atomic E-state index is 0.105. The first-order chi connectivity index (χ1) is 29.4. The lowest BCUT2D eigenvalue weighted by Gasteiger charge is -2.41. The third-order valence-electron chi connectivity index (χ3n) is 11.9. The van der Waals surface area contributed by atoms with Gasteiger partial charge in [-0.05, 0) is 12.8 Å². The molecule has 0 radical (unpaired) electrons. The fourth-order valence-corrected chi connectivity index (χ4v) is 8.91. The van der Waals surface area contributed by atoms with Crippen molar-refractivity contribution < 1.29 is 63.1 Å². The van der Waals surface area contributed by atoms with Gasteiger partial charge in [0.25, 0.3) is 0 Å². The Morgan fingerprint density at radius 2 is 0.738 bits per heavy atom. The Hall–Kier alpha value is -1.15. The van der Waals surface area contributed by atoms with Crippen LogP contribution in [0.3, 0.4) is 0 Å². The van der Waals surface area contributed by atoms with Crippen molar-refractivity contribution in [1.82, 2.24) is 0 Å². The zero-order valence-electron chi connectivity index (χ0n) is 38.5. The molecular weight excluding hydrogens is 803 g/mol. The predicted octanol–water partition coefficient (Wildman–Crippen LogP) is 10.1. The van der Waals surface area contributed by atoms with Gasteiger partial charge in [-0.2, -0.15) is 0 Å². The number of aliphatic hydroxyl groups excluding tert-OH is 5. The quantitative estimate of drug-likeness (QED) is 0.0192. The SMILES string of the molecule is CCCCCCCCCCCCCCCCCCCCCC(=O)O[C@H](COC(=O)CCCCCCCCCCCCCCC)COP(=O)(O)OC1C(O)C(O)C(O)[C@@H](O)C1O. The number of hydrogen-bond donors (Lipinski definition) is 6. The van der Waals surface area contributed by atoms with Gasteiger partial charge in [-0.25, -0.2) is 4.57 Å². The van der Waals surface area contributed by atoms with E-state index in [2.05, 4.69) is 13.8 Å². The molecule has 0 saturated heterocycles. The fraction of sp³-hybridized carbons (Fsp3) is 0.957. The van der Waals surface area contributed by atoms with Crippen LogP contribution in [0, 0.1) is 0 Å². The first-order valence-corrected chi connectivity index (χ1v) is 26.3. The second-order valence-electron chi connectivity index (χ2n) is 17.7. The summed E-state index contributed by atoms with van der Waals surface area (Å²) in [7, 11) is -5.11. The van der Waals surface area contributed by atoms with Crippen molar-refractivity contribution in [2.24, 2.45) is 0 Å². The van der Waals surface area contributed by atoms with Crippen LogP contribution in [0.5, 0.6) is 0 Å². The smallest absolute Gasteiger partial charge is 0.462 e. The molecule has 0 aromatic heterocycles. The Morgan fingerprint density at radius 3 is 1.08 bits per heavy atom. The molecule has 362 valence electrons. The Labute approximate surface area is 370 Å². The van der Waals surface area contributed by atoms with Gasteiger partial charge in [0.15, 0.2) is 6.10 Å². The van der Waals surface area contributed by atoms with Gasteiger partial charge in [0.05, 0.1) is 6.61 Å². The van der Waals surface area contributed by atoms with Crippen LogP contribution in [0.4, 0.5) is 0 Å².